The number of aliphatic hydroxyl groups is 1. The SMILES string of the molecule is CCCN(C)C1CCC1.CCO. The molecule has 1 aliphatic rings. The second kappa shape index (κ2) is 7.56. The molecule has 0 spiro atoms. The molecule has 0 aromatic carbocycles. The fraction of sp³-hybridized carbons (Fsp3) is 1.00. The minimum absolute atomic E-state index is 0.250. The van der Waals surface area contributed by atoms with Crippen LogP contribution in [0.1, 0.15) is 39.5 Å². The molecule has 1 N–H and O–H groups in total. The maximum atomic E-state index is 7.57. The zero-order chi connectivity index (χ0) is 9.40. The lowest BCUT2D eigenvalue weighted by Gasteiger charge is -2.34. The molecule has 12 heavy (non-hydrogen) atoms. The average molecular weight is 173 g/mol. The van der Waals surface area contributed by atoms with Gasteiger partial charge in [-0.25, -0.2) is 0 Å². The Labute approximate surface area is 76.6 Å². The second-order valence-corrected chi connectivity index (χ2v) is 3.38. The van der Waals surface area contributed by atoms with E-state index in [0.29, 0.717) is 0 Å². The average Bonchev–Trinajstić information content (AvgIpc) is 1.85. The molecule has 0 heterocycles. The molecule has 1 rings (SSSR count). The zero-order valence-corrected chi connectivity index (χ0v) is 8.71. The molecule has 0 radical (unpaired) electrons. The van der Waals surface area contributed by atoms with Crippen LogP contribution in [0, 0.1) is 0 Å². The summed E-state index contributed by atoms with van der Waals surface area (Å²) in [4.78, 5) is 2.49. The summed E-state index contributed by atoms with van der Waals surface area (Å²) in [5.74, 6) is 0. The van der Waals surface area contributed by atoms with Gasteiger partial charge in [0.15, 0.2) is 0 Å². The Balaban J connectivity index is 0.000000354. The van der Waals surface area contributed by atoms with E-state index < -0.39 is 0 Å². The molecule has 0 bridgehead atoms. The number of rotatable bonds is 3. The van der Waals surface area contributed by atoms with Crippen LogP contribution in [0.5, 0.6) is 0 Å². The summed E-state index contributed by atoms with van der Waals surface area (Å²) >= 11 is 0. The molecule has 74 valence electrons. The van der Waals surface area contributed by atoms with Crippen molar-refractivity contribution in [3.05, 3.63) is 0 Å². The molecule has 1 fully saturated rings. The molecule has 0 atom stereocenters. The molecular weight excluding hydrogens is 150 g/mol. The van der Waals surface area contributed by atoms with E-state index in [4.69, 9.17) is 5.11 Å². The van der Waals surface area contributed by atoms with E-state index in [2.05, 4.69) is 18.9 Å². The van der Waals surface area contributed by atoms with Crippen molar-refractivity contribution in [2.75, 3.05) is 20.2 Å². The van der Waals surface area contributed by atoms with Crippen LogP contribution in [0.25, 0.3) is 0 Å². The lowest BCUT2D eigenvalue weighted by molar-refractivity contribution is 0.160. The Morgan fingerprint density at radius 2 is 1.83 bits per heavy atom. The molecule has 2 heteroatoms. The van der Waals surface area contributed by atoms with E-state index in [1.54, 1.807) is 6.92 Å². The highest BCUT2D eigenvalue weighted by atomic mass is 16.2. The predicted octanol–water partition coefficient (Wildman–Crippen LogP) is 1.88. The van der Waals surface area contributed by atoms with Gasteiger partial charge in [0.2, 0.25) is 0 Å². The van der Waals surface area contributed by atoms with Gasteiger partial charge in [-0.2, -0.15) is 0 Å². The first-order chi connectivity index (χ1) is 5.76. The summed E-state index contributed by atoms with van der Waals surface area (Å²) in [6.45, 7) is 5.46. The number of nitrogens with zero attached hydrogens (tertiary/aromatic N) is 1. The van der Waals surface area contributed by atoms with E-state index in [9.17, 15) is 0 Å². The van der Waals surface area contributed by atoms with Gasteiger partial charge in [-0.1, -0.05) is 13.3 Å². The molecular formula is C10H23NO. The molecule has 0 saturated heterocycles. The van der Waals surface area contributed by atoms with Crippen molar-refractivity contribution in [3.8, 4) is 0 Å². The van der Waals surface area contributed by atoms with Crippen molar-refractivity contribution in [1.82, 2.24) is 4.90 Å². The van der Waals surface area contributed by atoms with Gasteiger partial charge in [-0.05, 0) is 39.8 Å². The summed E-state index contributed by atoms with van der Waals surface area (Å²) in [6.07, 6.45) is 5.64. The molecule has 0 aliphatic heterocycles. The number of hydrogen-bond donors (Lipinski definition) is 1. The third-order valence-corrected chi connectivity index (χ3v) is 2.27. The monoisotopic (exact) mass is 173 g/mol. The van der Waals surface area contributed by atoms with Gasteiger partial charge in [0, 0.05) is 12.6 Å². The highest BCUT2D eigenvalue weighted by Gasteiger charge is 2.20. The van der Waals surface area contributed by atoms with Gasteiger partial charge in [-0.15, -0.1) is 0 Å². The van der Waals surface area contributed by atoms with Crippen LogP contribution in [-0.2, 0) is 0 Å². The molecule has 1 saturated carbocycles. The van der Waals surface area contributed by atoms with Gasteiger partial charge in [0.05, 0.1) is 0 Å². The van der Waals surface area contributed by atoms with Crippen molar-refractivity contribution < 1.29 is 5.11 Å². The molecule has 2 nitrogen and oxygen atoms in total. The van der Waals surface area contributed by atoms with Crippen molar-refractivity contribution >= 4 is 0 Å². The third-order valence-electron chi connectivity index (χ3n) is 2.27. The highest BCUT2D eigenvalue weighted by molar-refractivity contribution is 4.77. The van der Waals surface area contributed by atoms with Crippen molar-refractivity contribution in [3.63, 3.8) is 0 Å². The van der Waals surface area contributed by atoms with Crippen LogP contribution in [0.15, 0.2) is 0 Å². The standard InChI is InChI=1S/C8H17N.C2H6O/c1-3-7-9(2)8-5-4-6-8;1-2-3/h8H,3-7H2,1-2H3;3H,2H2,1H3. The van der Waals surface area contributed by atoms with Gasteiger partial charge < -0.3 is 10.0 Å². The van der Waals surface area contributed by atoms with E-state index in [0.717, 1.165) is 6.04 Å². The molecule has 0 aromatic rings. The Morgan fingerprint density at radius 1 is 1.33 bits per heavy atom. The fourth-order valence-electron chi connectivity index (χ4n) is 1.36. The maximum Gasteiger partial charge on any atom is 0.0402 e. The van der Waals surface area contributed by atoms with Gasteiger partial charge in [0.25, 0.3) is 0 Å². The minimum atomic E-state index is 0.250. The van der Waals surface area contributed by atoms with Crippen molar-refractivity contribution in [2.45, 2.75) is 45.6 Å². The summed E-state index contributed by atoms with van der Waals surface area (Å²) in [5, 5.41) is 7.57. The van der Waals surface area contributed by atoms with Crippen LogP contribution >= 0.6 is 0 Å². The quantitative estimate of drug-likeness (QED) is 0.704. The Hall–Kier alpha value is -0.0800. The first kappa shape index (κ1) is 11.9. The van der Waals surface area contributed by atoms with Crippen molar-refractivity contribution in [2.24, 2.45) is 0 Å². The Morgan fingerprint density at radius 3 is 2.08 bits per heavy atom. The first-order valence-electron chi connectivity index (χ1n) is 5.07. The normalized spacial score (nSPS) is 16.8. The minimum Gasteiger partial charge on any atom is -0.397 e. The summed E-state index contributed by atoms with van der Waals surface area (Å²) in [7, 11) is 2.24. The van der Waals surface area contributed by atoms with Crippen LogP contribution in [0.4, 0.5) is 0 Å². The van der Waals surface area contributed by atoms with Crippen LogP contribution < -0.4 is 0 Å². The first-order valence-corrected chi connectivity index (χ1v) is 5.07. The smallest absolute Gasteiger partial charge is 0.0402 e. The van der Waals surface area contributed by atoms with E-state index in [1.807, 2.05) is 0 Å². The van der Waals surface area contributed by atoms with E-state index >= 15 is 0 Å². The van der Waals surface area contributed by atoms with Crippen LogP contribution in [0.3, 0.4) is 0 Å². The highest BCUT2D eigenvalue weighted by Crippen LogP contribution is 2.23. The lowest BCUT2D eigenvalue weighted by atomic mass is 9.92. The van der Waals surface area contributed by atoms with E-state index in [1.165, 1.54) is 32.2 Å². The van der Waals surface area contributed by atoms with Gasteiger partial charge >= 0.3 is 0 Å². The molecule has 1 aliphatic carbocycles. The third kappa shape index (κ3) is 4.73. The van der Waals surface area contributed by atoms with Crippen LogP contribution in [-0.4, -0.2) is 36.2 Å². The topological polar surface area (TPSA) is 23.5 Å². The van der Waals surface area contributed by atoms with Gasteiger partial charge in [-0.3, -0.25) is 0 Å². The van der Waals surface area contributed by atoms with Crippen molar-refractivity contribution in [1.29, 1.82) is 0 Å². The van der Waals surface area contributed by atoms with Crippen LogP contribution in [0.2, 0.25) is 0 Å². The summed E-state index contributed by atoms with van der Waals surface area (Å²) < 4.78 is 0. The fourth-order valence-corrected chi connectivity index (χ4v) is 1.36. The summed E-state index contributed by atoms with van der Waals surface area (Å²) in [5.41, 5.74) is 0. The Kier molecular flexibility index (Phi) is 7.51. The lowest BCUT2D eigenvalue weighted by Crippen LogP contribution is -2.37. The largest absolute Gasteiger partial charge is 0.397 e. The summed E-state index contributed by atoms with van der Waals surface area (Å²) in [6, 6.07) is 0.935. The molecule has 0 aromatic heterocycles. The van der Waals surface area contributed by atoms with Gasteiger partial charge in [0.1, 0.15) is 0 Å². The molecule has 0 amide bonds. The second-order valence-electron chi connectivity index (χ2n) is 3.38. The molecule has 0 unspecified atom stereocenters. The Bertz CT molecular complexity index is 91.8. The zero-order valence-electron chi connectivity index (χ0n) is 8.71. The number of hydrogen-bond acceptors (Lipinski definition) is 2. The predicted molar refractivity (Wildman–Crippen MR) is 53.3 cm³/mol. The number of aliphatic hydroxyl groups excluding tert-OH is 1. The maximum absolute atomic E-state index is 7.57. The van der Waals surface area contributed by atoms with E-state index in [-0.39, 0.29) is 6.61 Å².